The minimum absolute atomic E-state index is 0.0305. The third-order valence-corrected chi connectivity index (χ3v) is 3.44. The summed E-state index contributed by atoms with van der Waals surface area (Å²) >= 11 is 0. The molecule has 134 valence electrons. The van der Waals surface area contributed by atoms with E-state index in [9.17, 15) is 13.2 Å². The topological polar surface area (TPSA) is 72.8 Å². The van der Waals surface area contributed by atoms with Gasteiger partial charge in [-0.05, 0) is 23.8 Å². The number of hydrogen-bond acceptors (Lipinski definition) is 6. The van der Waals surface area contributed by atoms with Gasteiger partial charge in [0.1, 0.15) is 5.82 Å². The molecule has 0 unspecified atom stereocenters. The minimum Gasteiger partial charge on any atom is -0.481 e. The van der Waals surface area contributed by atoms with E-state index in [1.165, 1.54) is 19.5 Å². The Labute approximate surface area is 147 Å². The maximum Gasteiger partial charge on any atom is 0.433 e. The van der Waals surface area contributed by atoms with Crippen LogP contribution in [-0.4, -0.2) is 27.0 Å². The van der Waals surface area contributed by atoms with Crippen molar-refractivity contribution in [1.29, 1.82) is 0 Å². The Hall–Kier alpha value is -3.23. The summed E-state index contributed by atoms with van der Waals surface area (Å²) in [5.41, 5.74) is 0.211. The molecule has 0 radical (unpaired) electrons. The first-order valence-electron chi connectivity index (χ1n) is 7.55. The zero-order valence-corrected chi connectivity index (χ0v) is 13.7. The molecular weight excluding hydrogens is 347 g/mol. The average Bonchev–Trinajstić information content (AvgIpc) is 2.66. The van der Waals surface area contributed by atoms with Gasteiger partial charge in [-0.3, -0.25) is 4.98 Å². The zero-order chi connectivity index (χ0) is 18.6. The van der Waals surface area contributed by atoms with Crippen LogP contribution >= 0.6 is 0 Å². The van der Waals surface area contributed by atoms with Crippen molar-refractivity contribution >= 4 is 5.82 Å². The van der Waals surface area contributed by atoms with Crippen LogP contribution in [0.15, 0.2) is 48.9 Å². The van der Waals surface area contributed by atoms with Crippen molar-refractivity contribution in [3.05, 3.63) is 60.2 Å². The highest BCUT2D eigenvalue weighted by Gasteiger charge is 2.33. The lowest BCUT2D eigenvalue weighted by atomic mass is 10.2. The fraction of sp³-hybridized carbons (Fsp3) is 0.176. The summed E-state index contributed by atoms with van der Waals surface area (Å²) in [7, 11) is 1.49. The van der Waals surface area contributed by atoms with Crippen LogP contribution in [0.2, 0.25) is 0 Å². The molecule has 3 aromatic rings. The molecule has 0 fully saturated rings. The van der Waals surface area contributed by atoms with Crippen molar-refractivity contribution in [3.8, 4) is 17.3 Å². The van der Waals surface area contributed by atoms with Gasteiger partial charge in [-0.15, -0.1) is 0 Å². The van der Waals surface area contributed by atoms with Gasteiger partial charge < -0.3 is 10.1 Å². The summed E-state index contributed by atoms with van der Waals surface area (Å²) in [4.78, 5) is 15.6. The molecule has 3 rings (SSSR count). The lowest BCUT2D eigenvalue weighted by Crippen LogP contribution is -2.12. The van der Waals surface area contributed by atoms with Gasteiger partial charge in [0.25, 0.3) is 0 Å². The van der Waals surface area contributed by atoms with Gasteiger partial charge in [0.05, 0.1) is 7.11 Å². The summed E-state index contributed by atoms with van der Waals surface area (Å²) in [6.07, 6.45) is -0.0923. The summed E-state index contributed by atoms with van der Waals surface area (Å²) in [5, 5.41) is 2.88. The highest BCUT2D eigenvalue weighted by atomic mass is 19.4. The molecule has 9 heteroatoms. The molecule has 0 aliphatic heterocycles. The largest absolute Gasteiger partial charge is 0.481 e. The van der Waals surface area contributed by atoms with E-state index in [0.717, 1.165) is 11.6 Å². The molecular formula is C17H14F3N5O. The Morgan fingerprint density at radius 3 is 2.50 bits per heavy atom. The van der Waals surface area contributed by atoms with Crippen LogP contribution < -0.4 is 10.1 Å². The fourth-order valence-corrected chi connectivity index (χ4v) is 2.18. The number of alkyl halides is 3. The van der Waals surface area contributed by atoms with Crippen LogP contribution in [-0.2, 0) is 12.7 Å². The Kier molecular flexibility index (Phi) is 4.97. The molecule has 6 nitrogen and oxygen atoms in total. The number of anilines is 1. The van der Waals surface area contributed by atoms with E-state index in [1.54, 1.807) is 30.5 Å². The third kappa shape index (κ3) is 4.24. The maximum atomic E-state index is 13.2. The number of aromatic nitrogens is 4. The van der Waals surface area contributed by atoms with Crippen LogP contribution in [0.5, 0.6) is 5.88 Å². The first kappa shape index (κ1) is 17.6. The van der Waals surface area contributed by atoms with Gasteiger partial charge in [-0.25, -0.2) is 15.0 Å². The van der Waals surface area contributed by atoms with Crippen LogP contribution in [0, 0.1) is 0 Å². The predicted octanol–water partition coefficient (Wildman–Crippen LogP) is 3.57. The number of nitrogens with one attached hydrogen (secondary N) is 1. The van der Waals surface area contributed by atoms with Crippen molar-refractivity contribution in [2.24, 2.45) is 0 Å². The maximum absolute atomic E-state index is 13.2. The Balaban J connectivity index is 1.90. The second-order valence-corrected chi connectivity index (χ2v) is 5.26. The van der Waals surface area contributed by atoms with Crippen molar-refractivity contribution in [1.82, 2.24) is 19.9 Å². The van der Waals surface area contributed by atoms with Crippen LogP contribution in [0.25, 0.3) is 11.4 Å². The molecule has 0 aliphatic carbocycles. The first-order valence-corrected chi connectivity index (χ1v) is 7.55. The van der Waals surface area contributed by atoms with E-state index in [2.05, 4.69) is 25.3 Å². The Morgan fingerprint density at radius 2 is 1.81 bits per heavy atom. The summed E-state index contributed by atoms with van der Waals surface area (Å²) < 4.78 is 44.5. The minimum atomic E-state index is -4.58. The zero-order valence-electron chi connectivity index (χ0n) is 13.7. The Bertz CT molecular complexity index is 887. The van der Waals surface area contributed by atoms with E-state index >= 15 is 0 Å². The average molecular weight is 361 g/mol. The quantitative estimate of drug-likeness (QED) is 0.749. The van der Waals surface area contributed by atoms with E-state index in [1.807, 2.05) is 0 Å². The van der Waals surface area contributed by atoms with Gasteiger partial charge in [0.15, 0.2) is 11.5 Å². The molecule has 0 aliphatic rings. The predicted molar refractivity (Wildman–Crippen MR) is 88.4 cm³/mol. The molecule has 0 saturated carbocycles. The lowest BCUT2D eigenvalue weighted by Gasteiger charge is -2.12. The Morgan fingerprint density at radius 1 is 1.04 bits per heavy atom. The van der Waals surface area contributed by atoms with Crippen LogP contribution in [0.4, 0.5) is 19.0 Å². The number of hydrogen-bond donors (Lipinski definition) is 1. The standard InChI is InChI=1S/C17H14F3N5O/c1-26-15-8-11(2-7-22-15)10-23-14-9-13(17(18,19)20)24-16(25-14)12-3-5-21-6-4-12/h2-9H,10H2,1H3,(H,23,24,25). The summed E-state index contributed by atoms with van der Waals surface area (Å²) in [6.45, 7) is 0.253. The molecule has 26 heavy (non-hydrogen) atoms. The number of methoxy groups -OCH3 is 1. The molecule has 0 saturated heterocycles. The SMILES string of the molecule is COc1cc(CNc2cc(C(F)(F)F)nc(-c3ccncc3)n2)ccn1. The monoisotopic (exact) mass is 361 g/mol. The van der Waals surface area contributed by atoms with Crippen LogP contribution in [0.1, 0.15) is 11.3 Å². The van der Waals surface area contributed by atoms with Crippen molar-refractivity contribution < 1.29 is 17.9 Å². The van der Waals surface area contributed by atoms with E-state index < -0.39 is 11.9 Å². The van der Waals surface area contributed by atoms with Gasteiger partial charge in [0, 0.05) is 42.8 Å². The smallest absolute Gasteiger partial charge is 0.433 e. The van der Waals surface area contributed by atoms with Gasteiger partial charge >= 0.3 is 6.18 Å². The molecule has 0 atom stereocenters. The lowest BCUT2D eigenvalue weighted by molar-refractivity contribution is -0.141. The third-order valence-electron chi connectivity index (χ3n) is 3.44. The highest BCUT2D eigenvalue weighted by Crippen LogP contribution is 2.30. The first-order chi connectivity index (χ1) is 12.5. The molecule has 3 aromatic heterocycles. The van der Waals surface area contributed by atoms with E-state index in [-0.39, 0.29) is 18.2 Å². The molecule has 0 aromatic carbocycles. The van der Waals surface area contributed by atoms with Gasteiger partial charge in [0.2, 0.25) is 5.88 Å². The van der Waals surface area contributed by atoms with E-state index in [0.29, 0.717) is 11.4 Å². The number of ether oxygens (including phenoxy) is 1. The second kappa shape index (κ2) is 7.34. The molecule has 0 bridgehead atoms. The summed E-state index contributed by atoms with van der Waals surface area (Å²) in [5.74, 6) is 0.451. The number of pyridine rings is 2. The molecule has 0 amide bonds. The second-order valence-electron chi connectivity index (χ2n) is 5.26. The normalized spacial score (nSPS) is 11.2. The van der Waals surface area contributed by atoms with Crippen molar-refractivity contribution in [2.45, 2.75) is 12.7 Å². The fourth-order valence-electron chi connectivity index (χ4n) is 2.18. The molecule has 1 N–H and O–H groups in total. The number of nitrogens with zero attached hydrogens (tertiary/aromatic N) is 4. The molecule has 0 spiro atoms. The highest BCUT2D eigenvalue weighted by molar-refractivity contribution is 5.57. The summed E-state index contributed by atoms with van der Waals surface area (Å²) in [6, 6.07) is 7.39. The van der Waals surface area contributed by atoms with Crippen LogP contribution in [0.3, 0.4) is 0 Å². The number of halogens is 3. The molecule has 3 heterocycles. The van der Waals surface area contributed by atoms with Gasteiger partial charge in [-0.2, -0.15) is 13.2 Å². The van der Waals surface area contributed by atoms with Crippen molar-refractivity contribution in [2.75, 3.05) is 12.4 Å². The van der Waals surface area contributed by atoms with Gasteiger partial charge in [-0.1, -0.05) is 0 Å². The van der Waals surface area contributed by atoms with E-state index in [4.69, 9.17) is 4.74 Å². The number of rotatable bonds is 5. The van der Waals surface area contributed by atoms with Crippen molar-refractivity contribution in [3.63, 3.8) is 0 Å².